The van der Waals surface area contributed by atoms with Crippen molar-refractivity contribution in [2.24, 2.45) is 0 Å². The molecule has 0 unspecified atom stereocenters. The molecule has 0 bridgehead atoms. The average Bonchev–Trinajstić information content (AvgIpc) is 3.85. The summed E-state index contributed by atoms with van der Waals surface area (Å²) in [6, 6.07) is 77.0. The van der Waals surface area contributed by atoms with Crippen LogP contribution in [0.4, 0.5) is 17.1 Å². The van der Waals surface area contributed by atoms with Crippen LogP contribution in [0.5, 0.6) is 0 Å². The lowest BCUT2D eigenvalue weighted by molar-refractivity contribution is 1.18. The fraction of sp³-hybridized carbons (Fsp3) is 0. The summed E-state index contributed by atoms with van der Waals surface area (Å²) in [4.78, 5) is 7.69. The molecule has 0 radical (unpaired) electrons. The smallest absolute Gasteiger partial charge is 0.0895 e. The molecule has 0 spiro atoms. The van der Waals surface area contributed by atoms with Crippen molar-refractivity contribution in [3.8, 4) is 28.1 Å². The van der Waals surface area contributed by atoms with E-state index in [9.17, 15) is 0 Å². The number of benzene rings is 9. The molecular weight excluding hydrogens is 735 g/mol. The van der Waals surface area contributed by atoms with Gasteiger partial charge in [-0.15, -0.1) is 11.3 Å². The SMILES string of the molecule is c1ccc(-c2ccc3sc4cc(N(c5ccccc5-c5cccc(-n6c7ccccc7c7ccccc76)c5)c5cc6ccccc6c6ccccc56)ccc4c3n2)cc1. The summed E-state index contributed by atoms with van der Waals surface area (Å²) in [7, 11) is 0. The molecule has 3 aromatic heterocycles. The van der Waals surface area contributed by atoms with Gasteiger partial charge < -0.3 is 9.47 Å². The molecule has 0 saturated heterocycles. The molecule has 9 aromatic carbocycles. The van der Waals surface area contributed by atoms with Gasteiger partial charge in [0.25, 0.3) is 0 Å². The standard InChI is InChI=1S/C55H35N3S/c1-2-15-36(16-3-1)48-31-32-53-55(56-48)47-30-29-40(35-54(47)59-53)58(52-34-38-17-4-5-20-41(38)43-22-6-7-23-44(43)52)49-26-11-8-21-42(49)37-18-14-19-39(33-37)57-50-27-12-9-24-45(50)46-25-10-13-28-51(46)57/h1-35H. The normalized spacial score (nSPS) is 11.7. The fourth-order valence-electron chi connectivity index (χ4n) is 9.09. The first-order valence-electron chi connectivity index (χ1n) is 20.0. The van der Waals surface area contributed by atoms with E-state index < -0.39 is 0 Å². The largest absolute Gasteiger partial charge is 0.309 e. The predicted molar refractivity (Wildman–Crippen MR) is 252 cm³/mol. The zero-order chi connectivity index (χ0) is 38.9. The van der Waals surface area contributed by atoms with E-state index >= 15 is 0 Å². The van der Waals surface area contributed by atoms with Crippen molar-refractivity contribution in [2.45, 2.75) is 0 Å². The Kier molecular flexibility index (Phi) is 7.72. The van der Waals surface area contributed by atoms with E-state index in [1.807, 2.05) is 0 Å². The molecule has 3 nitrogen and oxygen atoms in total. The average molecular weight is 770 g/mol. The van der Waals surface area contributed by atoms with Crippen LogP contribution in [-0.4, -0.2) is 9.55 Å². The number of rotatable bonds is 6. The van der Waals surface area contributed by atoms with Gasteiger partial charge in [0.15, 0.2) is 0 Å². The lowest BCUT2D eigenvalue weighted by Crippen LogP contribution is -2.12. The third-order valence-electron chi connectivity index (χ3n) is 11.8. The molecule has 4 heteroatoms. The third kappa shape index (κ3) is 5.45. The van der Waals surface area contributed by atoms with Gasteiger partial charge in [0.2, 0.25) is 0 Å². The molecule has 0 aliphatic rings. The van der Waals surface area contributed by atoms with Gasteiger partial charge in [0.05, 0.1) is 38.3 Å². The number of hydrogen-bond acceptors (Lipinski definition) is 3. The maximum atomic E-state index is 5.22. The van der Waals surface area contributed by atoms with Crippen LogP contribution in [0.25, 0.3) is 91.7 Å². The highest BCUT2D eigenvalue weighted by Crippen LogP contribution is 2.47. The second kappa shape index (κ2) is 13.6. The minimum Gasteiger partial charge on any atom is -0.309 e. The molecule has 0 saturated carbocycles. The third-order valence-corrected chi connectivity index (χ3v) is 12.9. The van der Waals surface area contributed by atoms with Crippen LogP contribution in [0, 0.1) is 0 Å². The lowest BCUT2D eigenvalue weighted by Gasteiger charge is -2.29. The van der Waals surface area contributed by atoms with E-state index in [0.717, 1.165) is 50.7 Å². The lowest BCUT2D eigenvalue weighted by atomic mass is 9.97. The summed E-state index contributed by atoms with van der Waals surface area (Å²) < 4.78 is 4.79. The minimum atomic E-state index is 0.989. The van der Waals surface area contributed by atoms with Gasteiger partial charge in [-0.25, -0.2) is 4.98 Å². The van der Waals surface area contributed by atoms with Crippen LogP contribution in [0.3, 0.4) is 0 Å². The Balaban J connectivity index is 1.09. The van der Waals surface area contributed by atoms with E-state index in [0.29, 0.717) is 0 Å². The Hall–Kier alpha value is -7.53. The van der Waals surface area contributed by atoms with Gasteiger partial charge in [0.1, 0.15) is 0 Å². The summed E-state index contributed by atoms with van der Waals surface area (Å²) in [5.41, 5.74) is 12.3. The van der Waals surface area contributed by atoms with Crippen LogP contribution >= 0.6 is 11.3 Å². The second-order valence-electron chi connectivity index (χ2n) is 15.1. The van der Waals surface area contributed by atoms with Crippen LogP contribution in [0.2, 0.25) is 0 Å². The van der Waals surface area contributed by atoms with E-state index in [1.165, 1.54) is 58.1 Å². The first-order chi connectivity index (χ1) is 29.3. The van der Waals surface area contributed by atoms with Gasteiger partial charge >= 0.3 is 0 Å². The Labute approximate surface area is 345 Å². The fourth-order valence-corrected chi connectivity index (χ4v) is 10.2. The van der Waals surface area contributed by atoms with Gasteiger partial charge in [-0.05, 0) is 88.5 Å². The van der Waals surface area contributed by atoms with Gasteiger partial charge in [-0.2, -0.15) is 0 Å². The highest BCUT2D eigenvalue weighted by molar-refractivity contribution is 7.25. The molecule has 0 fully saturated rings. The number of fused-ring (bicyclic) bond motifs is 9. The quantitative estimate of drug-likeness (QED) is 0.157. The molecule has 0 N–H and O–H groups in total. The maximum Gasteiger partial charge on any atom is 0.0895 e. The molecule has 0 atom stereocenters. The highest BCUT2D eigenvalue weighted by Gasteiger charge is 2.22. The van der Waals surface area contributed by atoms with E-state index in [-0.39, 0.29) is 0 Å². The van der Waals surface area contributed by atoms with Crippen molar-refractivity contribution in [2.75, 3.05) is 4.90 Å². The maximum absolute atomic E-state index is 5.22. The number of para-hydroxylation sites is 3. The van der Waals surface area contributed by atoms with Crippen molar-refractivity contribution in [3.05, 3.63) is 212 Å². The molecule has 0 aliphatic carbocycles. The first kappa shape index (κ1) is 33.6. The van der Waals surface area contributed by atoms with Crippen LogP contribution < -0.4 is 4.90 Å². The topological polar surface area (TPSA) is 21.1 Å². The van der Waals surface area contributed by atoms with Crippen molar-refractivity contribution >= 4 is 92.1 Å². The number of thiophene rings is 1. The minimum absolute atomic E-state index is 0.989. The van der Waals surface area contributed by atoms with Crippen LogP contribution in [-0.2, 0) is 0 Å². The summed E-state index contributed by atoms with van der Waals surface area (Å²) >= 11 is 1.80. The van der Waals surface area contributed by atoms with Crippen LogP contribution in [0.15, 0.2) is 212 Å². The number of hydrogen-bond donors (Lipinski definition) is 0. The Morgan fingerprint density at radius 3 is 1.88 bits per heavy atom. The molecule has 12 rings (SSSR count). The molecule has 59 heavy (non-hydrogen) atoms. The Morgan fingerprint density at radius 1 is 0.407 bits per heavy atom. The predicted octanol–water partition coefficient (Wildman–Crippen LogP) is 15.7. The Morgan fingerprint density at radius 2 is 1.07 bits per heavy atom. The van der Waals surface area contributed by atoms with Crippen LogP contribution in [0.1, 0.15) is 0 Å². The van der Waals surface area contributed by atoms with Crippen molar-refractivity contribution in [1.29, 1.82) is 0 Å². The molecule has 3 heterocycles. The number of anilines is 3. The summed E-state index contributed by atoms with van der Waals surface area (Å²) in [5, 5.41) is 8.57. The van der Waals surface area contributed by atoms with Gasteiger partial charge in [0, 0.05) is 48.7 Å². The summed E-state index contributed by atoms with van der Waals surface area (Å²) in [6.07, 6.45) is 0. The van der Waals surface area contributed by atoms with Crippen molar-refractivity contribution < 1.29 is 0 Å². The molecule has 276 valence electrons. The van der Waals surface area contributed by atoms with E-state index in [4.69, 9.17) is 4.98 Å². The number of pyridine rings is 1. The zero-order valence-electron chi connectivity index (χ0n) is 32.0. The first-order valence-corrected chi connectivity index (χ1v) is 20.9. The van der Waals surface area contributed by atoms with E-state index in [1.54, 1.807) is 11.3 Å². The molecule has 0 aliphatic heterocycles. The molecule has 0 amide bonds. The Bertz CT molecular complexity index is 3530. The van der Waals surface area contributed by atoms with Crippen molar-refractivity contribution in [1.82, 2.24) is 9.55 Å². The summed E-state index contributed by atoms with van der Waals surface area (Å²) in [6.45, 7) is 0. The number of aromatic nitrogens is 2. The molecule has 12 aromatic rings. The van der Waals surface area contributed by atoms with E-state index in [2.05, 4.69) is 222 Å². The molecular formula is C55H35N3S. The highest BCUT2D eigenvalue weighted by atomic mass is 32.1. The van der Waals surface area contributed by atoms with Gasteiger partial charge in [-0.1, -0.05) is 146 Å². The zero-order valence-corrected chi connectivity index (χ0v) is 32.8. The van der Waals surface area contributed by atoms with Gasteiger partial charge in [-0.3, -0.25) is 0 Å². The van der Waals surface area contributed by atoms with Crippen molar-refractivity contribution in [3.63, 3.8) is 0 Å². The monoisotopic (exact) mass is 769 g/mol. The second-order valence-corrected chi connectivity index (χ2v) is 16.2. The number of nitrogens with zero attached hydrogens (tertiary/aromatic N) is 3. The summed E-state index contributed by atoms with van der Waals surface area (Å²) in [5.74, 6) is 0.